The summed E-state index contributed by atoms with van der Waals surface area (Å²) >= 11 is 0. The Hall–Kier alpha value is -4.65. The molecule has 1 aliphatic heterocycles. The number of amides is 2. The van der Waals surface area contributed by atoms with Crippen molar-refractivity contribution >= 4 is 11.7 Å². The standard InChI is InChI=1S/C32H30FN5O/c1-3-22-11-8-9-14-28(22)34-32(39)37-21-26-27(4-2)35-38(25-12-6-5-7-13-25)31(26)36-20-10-15-29(36)30(37)23-16-18-24(33)19-17-23/h5-20,30H,3-4,21H2,1-2H3,(H,34,39). The highest BCUT2D eigenvalue weighted by molar-refractivity contribution is 5.91. The van der Waals surface area contributed by atoms with Crippen molar-refractivity contribution in [2.24, 2.45) is 0 Å². The molecule has 5 aromatic rings. The average molecular weight is 520 g/mol. The van der Waals surface area contributed by atoms with Crippen LogP contribution in [0.1, 0.15) is 48.0 Å². The van der Waals surface area contributed by atoms with Gasteiger partial charge < -0.3 is 14.8 Å². The van der Waals surface area contributed by atoms with E-state index in [2.05, 4.69) is 23.7 Å². The number of aryl methyl sites for hydroxylation is 2. The number of hydrogen-bond donors (Lipinski definition) is 1. The molecular formula is C32H30FN5O. The van der Waals surface area contributed by atoms with E-state index in [1.54, 1.807) is 12.1 Å². The summed E-state index contributed by atoms with van der Waals surface area (Å²) in [5.74, 6) is 0.598. The van der Waals surface area contributed by atoms with Gasteiger partial charge in [0.1, 0.15) is 11.6 Å². The third-order valence-corrected chi connectivity index (χ3v) is 7.39. The van der Waals surface area contributed by atoms with E-state index >= 15 is 0 Å². The van der Waals surface area contributed by atoms with Gasteiger partial charge in [0.25, 0.3) is 0 Å². The predicted molar refractivity (Wildman–Crippen MR) is 151 cm³/mol. The van der Waals surface area contributed by atoms with E-state index in [1.165, 1.54) is 12.1 Å². The van der Waals surface area contributed by atoms with Gasteiger partial charge in [0.15, 0.2) is 0 Å². The molecule has 0 saturated carbocycles. The first-order valence-electron chi connectivity index (χ1n) is 13.3. The molecule has 0 bridgehead atoms. The molecule has 1 unspecified atom stereocenters. The fourth-order valence-electron chi connectivity index (χ4n) is 5.48. The Bertz CT molecular complexity index is 1620. The van der Waals surface area contributed by atoms with Gasteiger partial charge in [-0.15, -0.1) is 0 Å². The second kappa shape index (κ2) is 10.3. The van der Waals surface area contributed by atoms with Crippen LogP contribution in [0.5, 0.6) is 0 Å². The van der Waals surface area contributed by atoms with Gasteiger partial charge >= 0.3 is 6.03 Å². The van der Waals surface area contributed by atoms with Crippen LogP contribution in [0.4, 0.5) is 14.9 Å². The number of carbonyl (C=O) groups is 1. The van der Waals surface area contributed by atoms with Gasteiger partial charge in [-0.2, -0.15) is 5.10 Å². The fourth-order valence-corrected chi connectivity index (χ4v) is 5.48. The van der Waals surface area contributed by atoms with E-state index in [9.17, 15) is 9.18 Å². The summed E-state index contributed by atoms with van der Waals surface area (Å²) in [7, 11) is 0. The predicted octanol–water partition coefficient (Wildman–Crippen LogP) is 7.06. The molecule has 2 aromatic heterocycles. The molecule has 1 atom stereocenters. The van der Waals surface area contributed by atoms with Crippen molar-refractivity contribution in [1.82, 2.24) is 19.2 Å². The van der Waals surface area contributed by atoms with Crippen LogP contribution in [0.2, 0.25) is 0 Å². The second-order valence-electron chi connectivity index (χ2n) is 9.68. The van der Waals surface area contributed by atoms with E-state index in [0.717, 1.165) is 51.7 Å². The van der Waals surface area contributed by atoms with E-state index < -0.39 is 6.04 Å². The number of nitrogens with zero attached hydrogens (tertiary/aromatic N) is 4. The quantitative estimate of drug-likeness (QED) is 0.270. The van der Waals surface area contributed by atoms with Gasteiger partial charge in [0, 0.05) is 17.4 Å². The molecule has 6 nitrogen and oxygen atoms in total. The first-order valence-corrected chi connectivity index (χ1v) is 13.3. The Morgan fingerprint density at radius 2 is 1.67 bits per heavy atom. The Morgan fingerprint density at radius 1 is 0.923 bits per heavy atom. The number of benzene rings is 3. The second-order valence-corrected chi connectivity index (χ2v) is 9.68. The molecule has 1 N–H and O–H groups in total. The molecule has 3 heterocycles. The first-order chi connectivity index (χ1) is 19.1. The maximum atomic E-state index is 14.2. The fraction of sp³-hybridized carbons (Fsp3) is 0.188. The molecule has 0 saturated heterocycles. The lowest BCUT2D eigenvalue weighted by atomic mass is 10.0. The van der Waals surface area contributed by atoms with Gasteiger partial charge in [-0.3, -0.25) is 0 Å². The van der Waals surface area contributed by atoms with Crippen molar-refractivity contribution in [3.8, 4) is 11.5 Å². The molecule has 3 aromatic carbocycles. The third-order valence-electron chi connectivity index (χ3n) is 7.39. The van der Waals surface area contributed by atoms with Crippen LogP contribution in [0, 0.1) is 5.82 Å². The van der Waals surface area contributed by atoms with Crippen LogP contribution in [0.15, 0.2) is 97.2 Å². The minimum atomic E-state index is -0.448. The molecule has 0 fully saturated rings. The zero-order chi connectivity index (χ0) is 26.9. The highest BCUT2D eigenvalue weighted by Crippen LogP contribution is 2.39. The lowest BCUT2D eigenvalue weighted by Crippen LogP contribution is -2.38. The van der Waals surface area contributed by atoms with Gasteiger partial charge in [0.2, 0.25) is 0 Å². The topological polar surface area (TPSA) is 55.1 Å². The highest BCUT2D eigenvalue weighted by Gasteiger charge is 2.36. The van der Waals surface area contributed by atoms with Crippen molar-refractivity contribution in [3.63, 3.8) is 0 Å². The van der Waals surface area contributed by atoms with Gasteiger partial charge in [-0.25, -0.2) is 13.9 Å². The lowest BCUT2D eigenvalue weighted by molar-refractivity contribution is 0.194. The van der Waals surface area contributed by atoms with E-state index in [-0.39, 0.29) is 11.8 Å². The van der Waals surface area contributed by atoms with Crippen LogP contribution in [0.25, 0.3) is 11.5 Å². The average Bonchev–Trinajstić information content (AvgIpc) is 3.55. The summed E-state index contributed by atoms with van der Waals surface area (Å²) in [5, 5.41) is 8.18. The zero-order valence-corrected chi connectivity index (χ0v) is 22.0. The molecule has 39 heavy (non-hydrogen) atoms. The van der Waals surface area contributed by atoms with Gasteiger partial charge in [0.05, 0.1) is 29.7 Å². The smallest absolute Gasteiger partial charge is 0.308 e. The molecule has 1 aliphatic rings. The largest absolute Gasteiger partial charge is 0.322 e. The van der Waals surface area contributed by atoms with E-state index in [1.807, 2.05) is 82.5 Å². The number of fused-ring (bicyclic) bond motifs is 3. The Balaban J connectivity index is 1.55. The van der Waals surface area contributed by atoms with Crippen LogP contribution in [-0.2, 0) is 19.4 Å². The normalized spacial score (nSPS) is 14.4. The number of rotatable bonds is 5. The Labute approximate surface area is 227 Å². The summed E-state index contributed by atoms with van der Waals surface area (Å²) in [5.41, 5.74) is 6.45. The number of anilines is 1. The number of aromatic nitrogens is 3. The molecule has 2 amide bonds. The molecule has 0 aliphatic carbocycles. The van der Waals surface area contributed by atoms with Crippen molar-refractivity contribution in [2.75, 3.05) is 5.32 Å². The number of carbonyl (C=O) groups excluding carboxylic acids is 1. The summed E-state index contributed by atoms with van der Waals surface area (Å²) in [6.07, 6.45) is 3.53. The molecule has 6 rings (SSSR count). The molecule has 0 spiro atoms. The molecule has 7 heteroatoms. The Kier molecular flexibility index (Phi) is 6.49. The first kappa shape index (κ1) is 24.7. The van der Waals surface area contributed by atoms with Gasteiger partial charge in [-0.05, 0) is 66.4 Å². The highest BCUT2D eigenvalue weighted by atomic mass is 19.1. The summed E-state index contributed by atoms with van der Waals surface area (Å²) in [6, 6.07) is 27.7. The monoisotopic (exact) mass is 519 g/mol. The van der Waals surface area contributed by atoms with Crippen molar-refractivity contribution in [1.29, 1.82) is 0 Å². The van der Waals surface area contributed by atoms with Crippen molar-refractivity contribution in [3.05, 3.63) is 131 Å². The van der Waals surface area contributed by atoms with Crippen LogP contribution < -0.4 is 5.32 Å². The number of para-hydroxylation sites is 2. The summed E-state index contributed by atoms with van der Waals surface area (Å²) in [6.45, 7) is 4.50. The molecular weight excluding hydrogens is 489 g/mol. The zero-order valence-electron chi connectivity index (χ0n) is 22.0. The SMILES string of the molecule is CCc1ccccc1NC(=O)N1Cc2c(CC)nn(-c3ccccc3)c2-n2cccc2C1c1ccc(F)cc1. The lowest BCUT2D eigenvalue weighted by Gasteiger charge is -2.31. The van der Waals surface area contributed by atoms with Crippen molar-refractivity contribution in [2.45, 2.75) is 39.3 Å². The van der Waals surface area contributed by atoms with E-state index in [4.69, 9.17) is 5.10 Å². The minimum absolute atomic E-state index is 0.222. The van der Waals surface area contributed by atoms with Crippen molar-refractivity contribution < 1.29 is 9.18 Å². The minimum Gasteiger partial charge on any atom is -0.308 e. The van der Waals surface area contributed by atoms with Crippen LogP contribution in [0.3, 0.4) is 0 Å². The number of nitrogens with one attached hydrogen (secondary N) is 1. The summed E-state index contributed by atoms with van der Waals surface area (Å²) in [4.78, 5) is 16.0. The van der Waals surface area contributed by atoms with Crippen LogP contribution >= 0.6 is 0 Å². The van der Waals surface area contributed by atoms with E-state index in [0.29, 0.717) is 13.0 Å². The van der Waals surface area contributed by atoms with Crippen LogP contribution in [-0.4, -0.2) is 25.3 Å². The maximum absolute atomic E-state index is 14.2. The molecule has 0 radical (unpaired) electrons. The summed E-state index contributed by atoms with van der Waals surface area (Å²) < 4.78 is 18.1. The van der Waals surface area contributed by atoms with Gasteiger partial charge in [-0.1, -0.05) is 62.4 Å². The number of halogens is 1. The number of urea groups is 1. The number of hydrogen-bond acceptors (Lipinski definition) is 2. The maximum Gasteiger partial charge on any atom is 0.322 e. The molecule has 196 valence electrons. The Morgan fingerprint density at radius 3 is 2.41 bits per heavy atom. The third kappa shape index (κ3) is 4.40.